The third-order valence-electron chi connectivity index (χ3n) is 4.65. The Morgan fingerprint density at radius 3 is 2.43 bits per heavy atom. The number of methoxy groups -OCH3 is 1. The summed E-state index contributed by atoms with van der Waals surface area (Å²) in [5.74, 6) is 1.19. The maximum absolute atomic E-state index is 12.0. The van der Waals surface area contributed by atoms with Crippen LogP contribution in [0.2, 0.25) is 0 Å². The Kier molecular flexibility index (Phi) is 4.57. The molecule has 0 amide bonds. The van der Waals surface area contributed by atoms with Crippen LogP contribution in [0.1, 0.15) is 64.9 Å². The molecule has 1 aliphatic rings. The van der Waals surface area contributed by atoms with Gasteiger partial charge in [0, 0.05) is 18.9 Å². The van der Waals surface area contributed by atoms with Crippen LogP contribution in [0.4, 0.5) is 0 Å². The quantitative estimate of drug-likeness (QED) is 0.925. The summed E-state index contributed by atoms with van der Waals surface area (Å²) < 4.78 is 5.84. The molecule has 1 aliphatic carbocycles. The average molecular weight is 292 g/mol. The van der Waals surface area contributed by atoms with Gasteiger partial charge in [0.25, 0.3) is 5.56 Å². The van der Waals surface area contributed by atoms with Crippen molar-refractivity contribution in [1.82, 2.24) is 9.97 Å². The molecular weight excluding hydrogens is 264 g/mol. The molecule has 4 nitrogen and oxygen atoms in total. The lowest BCUT2D eigenvalue weighted by atomic mass is 9.70. The number of aromatic nitrogens is 2. The van der Waals surface area contributed by atoms with Gasteiger partial charge < -0.3 is 9.72 Å². The first kappa shape index (κ1) is 16.2. The van der Waals surface area contributed by atoms with Gasteiger partial charge in [0.05, 0.1) is 0 Å². The number of hydrogen-bond acceptors (Lipinski definition) is 3. The summed E-state index contributed by atoms with van der Waals surface area (Å²) in [6.45, 7) is 8.85. The second-order valence-corrected chi connectivity index (χ2v) is 7.55. The monoisotopic (exact) mass is 292 g/mol. The fourth-order valence-electron chi connectivity index (χ4n) is 3.11. The van der Waals surface area contributed by atoms with Crippen LogP contribution in [0.25, 0.3) is 0 Å². The molecule has 4 heteroatoms. The summed E-state index contributed by atoms with van der Waals surface area (Å²) in [4.78, 5) is 19.6. The zero-order chi connectivity index (χ0) is 15.7. The van der Waals surface area contributed by atoms with E-state index in [1.807, 2.05) is 0 Å². The molecule has 1 saturated carbocycles. The maximum Gasteiger partial charge on any atom is 0.251 e. The van der Waals surface area contributed by atoms with Crippen molar-refractivity contribution >= 4 is 0 Å². The molecule has 0 radical (unpaired) electrons. The third-order valence-corrected chi connectivity index (χ3v) is 4.65. The first-order valence-electron chi connectivity index (χ1n) is 7.92. The molecule has 1 heterocycles. The molecule has 21 heavy (non-hydrogen) atoms. The zero-order valence-corrected chi connectivity index (χ0v) is 14.0. The molecule has 1 aromatic rings. The molecule has 0 aliphatic heterocycles. The Morgan fingerprint density at radius 2 is 1.90 bits per heavy atom. The summed E-state index contributed by atoms with van der Waals surface area (Å²) >= 11 is 0. The minimum Gasteiger partial charge on any atom is -0.370 e. The third kappa shape index (κ3) is 3.73. The fraction of sp³-hybridized carbons (Fsp3) is 0.765. The normalized spacial score (nSPS) is 20.7. The van der Waals surface area contributed by atoms with Gasteiger partial charge in [-0.2, -0.15) is 0 Å². The average Bonchev–Trinajstić information content (AvgIpc) is 2.38. The van der Waals surface area contributed by atoms with Gasteiger partial charge in [-0.15, -0.1) is 0 Å². The van der Waals surface area contributed by atoms with Gasteiger partial charge in [-0.05, 0) is 43.4 Å². The molecule has 0 aromatic carbocycles. The molecule has 0 atom stereocenters. The van der Waals surface area contributed by atoms with E-state index < -0.39 is 5.60 Å². The van der Waals surface area contributed by atoms with E-state index in [0.29, 0.717) is 17.2 Å². The molecule has 0 spiro atoms. The fourth-order valence-corrected chi connectivity index (χ4v) is 3.11. The van der Waals surface area contributed by atoms with E-state index in [9.17, 15) is 4.79 Å². The van der Waals surface area contributed by atoms with E-state index in [4.69, 9.17) is 9.72 Å². The van der Waals surface area contributed by atoms with Gasteiger partial charge in [0.15, 0.2) is 0 Å². The van der Waals surface area contributed by atoms with Crippen molar-refractivity contribution < 1.29 is 4.74 Å². The molecule has 0 bridgehead atoms. The first-order valence-corrected chi connectivity index (χ1v) is 7.92. The van der Waals surface area contributed by atoms with Gasteiger partial charge in [-0.3, -0.25) is 4.79 Å². The number of rotatable bonds is 4. The maximum atomic E-state index is 12.0. The Balaban J connectivity index is 2.34. The Morgan fingerprint density at radius 1 is 1.29 bits per heavy atom. The topological polar surface area (TPSA) is 55.0 Å². The molecule has 1 aromatic heterocycles. The SMILES string of the molecule is COC1(c2nc(CC(C)C)cc(=O)[nH]2)CCC(C)(C)CC1. The van der Waals surface area contributed by atoms with E-state index >= 15 is 0 Å². The minimum atomic E-state index is -0.429. The summed E-state index contributed by atoms with van der Waals surface area (Å²) in [5.41, 5.74) is 0.710. The highest BCUT2D eigenvalue weighted by Crippen LogP contribution is 2.45. The van der Waals surface area contributed by atoms with Gasteiger partial charge >= 0.3 is 0 Å². The molecule has 2 rings (SSSR count). The second kappa shape index (κ2) is 5.91. The smallest absolute Gasteiger partial charge is 0.251 e. The largest absolute Gasteiger partial charge is 0.370 e. The van der Waals surface area contributed by atoms with E-state index in [1.165, 1.54) is 0 Å². The van der Waals surface area contributed by atoms with Gasteiger partial charge in [-0.1, -0.05) is 27.7 Å². The standard InChI is InChI=1S/C17H28N2O2/c1-12(2)10-13-11-14(20)19-15(18-13)17(21-5)8-6-16(3,4)7-9-17/h11-12H,6-10H2,1-5H3,(H,18,19,20). The van der Waals surface area contributed by atoms with Crippen LogP contribution >= 0.6 is 0 Å². The zero-order valence-electron chi connectivity index (χ0n) is 14.0. The van der Waals surface area contributed by atoms with Crippen molar-refractivity contribution in [2.75, 3.05) is 7.11 Å². The van der Waals surface area contributed by atoms with Gasteiger partial charge in [0.2, 0.25) is 0 Å². The van der Waals surface area contributed by atoms with Crippen molar-refractivity contribution in [1.29, 1.82) is 0 Å². The highest BCUT2D eigenvalue weighted by Gasteiger charge is 2.41. The molecule has 1 fully saturated rings. The van der Waals surface area contributed by atoms with E-state index in [0.717, 1.165) is 37.8 Å². The van der Waals surface area contributed by atoms with Gasteiger partial charge in [0.1, 0.15) is 11.4 Å². The summed E-state index contributed by atoms with van der Waals surface area (Å²) in [7, 11) is 1.73. The van der Waals surface area contributed by atoms with E-state index in [2.05, 4.69) is 32.7 Å². The predicted molar refractivity (Wildman–Crippen MR) is 84.3 cm³/mol. The molecule has 0 unspecified atom stereocenters. The van der Waals surface area contributed by atoms with Crippen LogP contribution in [0.5, 0.6) is 0 Å². The van der Waals surface area contributed by atoms with Crippen LogP contribution in [-0.2, 0) is 16.8 Å². The highest BCUT2D eigenvalue weighted by molar-refractivity contribution is 5.11. The lowest BCUT2D eigenvalue weighted by Gasteiger charge is -2.41. The molecular formula is C17H28N2O2. The van der Waals surface area contributed by atoms with Crippen molar-refractivity contribution in [2.24, 2.45) is 11.3 Å². The molecule has 0 saturated heterocycles. The van der Waals surface area contributed by atoms with Crippen LogP contribution in [0.15, 0.2) is 10.9 Å². The number of H-pyrrole nitrogens is 1. The Hall–Kier alpha value is -1.16. The molecule has 1 N–H and O–H groups in total. The predicted octanol–water partition coefficient (Wildman–Crippen LogP) is 3.41. The van der Waals surface area contributed by atoms with Crippen molar-refractivity contribution in [3.8, 4) is 0 Å². The van der Waals surface area contributed by atoms with Crippen molar-refractivity contribution in [2.45, 2.75) is 65.4 Å². The number of nitrogens with one attached hydrogen (secondary N) is 1. The number of ether oxygens (including phenoxy) is 1. The van der Waals surface area contributed by atoms with E-state index in [1.54, 1.807) is 13.2 Å². The minimum absolute atomic E-state index is 0.0723. The number of aromatic amines is 1. The Bertz CT molecular complexity index is 536. The summed E-state index contributed by atoms with van der Waals surface area (Å²) in [5, 5.41) is 0. The van der Waals surface area contributed by atoms with E-state index in [-0.39, 0.29) is 5.56 Å². The second-order valence-electron chi connectivity index (χ2n) is 7.55. The lowest BCUT2D eigenvalue weighted by Crippen LogP contribution is -2.39. The molecule has 118 valence electrons. The summed E-state index contributed by atoms with van der Waals surface area (Å²) in [6, 6.07) is 1.61. The lowest BCUT2D eigenvalue weighted by molar-refractivity contribution is -0.0732. The van der Waals surface area contributed by atoms with Crippen LogP contribution in [0.3, 0.4) is 0 Å². The Labute approximate surface area is 127 Å². The highest BCUT2D eigenvalue weighted by atomic mass is 16.5. The van der Waals surface area contributed by atoms with Crippen molar-refractivity contribution in [3.63, 3.8) is 0 Å². The number of hydrogen-bond donors (Lipinski definition) is 1. The number of nitrogens with zero attached hydrogens (tertiary/aromatic N) is 1. The van der Waals surface area contributed by atoms with Crippen LogP contribution in [0, 0.1) is 11.3 Å². The van der Waals surface area contributed by atoms with Crippen LogP contribution < -0.4 is 5.56 Å². The van der Waals surface area contributed by atoms with Gasteiger partial charge in [-0.25, -0.2) is 4.98 Å². The first-order chi connectivity index (χ1) is 9.76. The summed E-state index contributed by atoms with van der Waals surface area (Å²) in [6.07, 6.45) is 4.80. The van der Waals surface area contributed by atoms with Crippen molar-refractivity contribution in [3.05, 3.63) is 27.9 Å². The van der Waals surface area contributed by atoms with Crippen LogP contribution in [-0.4, -0.2) is 17.1 Å².